The monoisotopic (exact) mass is 303 g/mol. The summed E-state index contributed by atoms with van der Waals surface area (Å²) < 4.78 is 48.7. The number of rotatable bonds is 4. The molecule has 1 aromatic carbocycles. The van der Waals surface area contributed by atoms with Crippen LogP contribution in [0.5, 0.6) is 0 Å². The third-order valence-electron chi connectivity index (χ3n) is 3.72. The van der Waals surface area contributed by atoms with Crippen LogP contribution in [0, 0.1) is 5.92 Å². The number of nitrogens with one attached hydrogen (secondary N) is 1. The molecule has 0 heterocycles. The molecule has 1 saturated carbocycles. The Hall–Kier alpha value is -1.17. The number of para-hydroxylation sites is 1. The molecule has 2 rings (SSSR count). The van der Waals surface area contributed by atoms with Gasteiger partial charge >= 0.3 is 5.76 Å². The second kappa shape index (κ2) is 6.08. The molecule has 0 amide bonds. The van der Waals surface area contributed by atoms with Crippen LogP contribution in [-0.2, 0) is 9.84 Å². The van der Waals surface area contributed by atoms with Gasteiger partial charge in [0.2, 0.25) is 9.84 Å². The number of sulfone groups is 1. The Morgan fingerprint density at radius 2 is 1.95 bits per heavy atom. The molecule has 20 heavy (non-hydrogen) atoms. The van der Waals surface area contributed by atoms with E-state index in [4.69, 9.17) is 0 Å². The lowest BCUT2D eigenvalue weighted by Gasteiger charge is -2.29. The zero-order valence-corrected chi connectivity index (χ0v) is 12.2. The first-order valence-electron chi connectivity index (χ1n) is 6.79. The van der Waals surface area contributed by atoms with Gasteiger partial charge in [-0.3, -0.25) is 0 Å². The smallest absolute Gasteiger partial charge is 0.341 e. The molecule has 1 aromatic rings. The molecule has 1 aliphatic carbocycles. The van der Waals surface area contributed by atoms with Gasteiger partial charge in [0.15, 0.2) is 0 Å². The SMILES string of the molecule is CC1CCCC(Nc2ccccc2S(=O)(=O)C(F)F)C1. The zero-order valence-electron chi connectivity index (χ0n) is 11.4. The van der Waals surface area contributed by atoms with Crippen molar-refractivity contribution in [2.24, 2.45) is 5.92 Å². The summed E-state index contributed by atoms with van der Waals surface area (Å²) in [4.78, 5) is -0.312. The van der Waals surface area contributed by atoms with E-state index in [0.29, 0.717) is 5.92 Å². The van der Waals surface area contributed by atoms with Gasteiger partial charge in [-0.25, -0.2) is 8.42 Å². The summed E-state index contributed by atoms with van der Waals surface area (Å²) in [5.74, 6) is -2.82. The molecule has 2 atom stereocenters. The van der Waals surface area contributed by atoms with Crippen LogP contribution < -0.4 is 5.32 Å². The van der Waals surface area contributed by atoms with E-state index >= 15 is 0 Å². The van der Waals surface area contributed by atoms with Crippen molar-refractivity contribution >= 4 is 15.5 Å². The lowest BCUT2D eigenvalue weighted by Crippen LogP contribution is -2.27. The lowest BCUT2D eigenvalue weighted by atomic mass is 9.87. The van der Waals surface area contributed by atoms with Crippen LogP contribution in [0.3, 0.4) is 0 Å². The molecule has 0 aromatic heterocycles. The lowest BCUT2D eigenvalue weighted by molar-refractivity contribution is 0.235. The van der Waals surface area contributed by atoms with Gasteiger partial charge in [-0.05, 0) is 30.9 Å². The predicted octanol–water partition coefficient (Wildman–Crippen LogP) is 3.67. The van der Waals surface area contributed by atoms with Crippen LogP contribution in [0.25, 0.3) is 0 Å². The van der Waals surface area contributed by atoms with Crippen molar-refractivity contribution in [3.63, 3.8) is 0 Å². The third kappa shape index (κ3) is 3.29. The number of alkyl halides is 2. The Balaban J connectivity index is 2.25. The van der Waals surface area contributed by atoms with Gasteiger partial charge in [0.1, 0.15) is 0 Å². The average molecular weight is 303 g/mol. The topological polar surface area (TPSA) is 46.2 Å². The van der Waals surface area contributed by atoms with Gasteiger partial charge in [0.05, 0.1) is 10.6 Å². The van der Waals surface area contributed by atoms with E-state index in [-0.39, 0.29) is 16.6 Å². The Morgan fingerprint density at radius 1 is 1.25 bits per heavy atom. The fourth-order valence-corrected chi connectivity index (χ4v) is 3.61. The van der Waals surface area contributed by atoms with Gasteiger partial charge < -0.3 is 5.32 Å². The first kappa shape index (κ1) is 15.2. The van der Waals surface area contributed by atoms with Crippen molar-refractivity contribution in [3.05, 3.63) is 24.3 Å². The fraction of sp³-hybridized carbons (Fsp3) is 0.571. The number of benzene rings is 1. The Labute approximate surface area is 118 Å². The molecule has 2 unspecified atom stereocenters. The largest absolute Gasteiger partial charge is 0.381 e. The fourth-order valence-electron chi connectivity index (χ4n) is 2.72. The van der Waals surface area contributed by atoms with Crippen molar-refractivity contribution in [1.82, 2.24) is 0 Å². The Morgan fingerprint density at radius 3 is 2.60 bits per heavy atom. The summed E-state index contributed by atoms with van der Waals surface area (Å²) in [5, 5.41) is 3.13. The van der Waals surface area contributed by atoms with Gasteiger partial charge in [-0.1, -0.05) is 31.9 Å². The van der Waals surface area contributed by atoms with Crippen LogP contribution in [-0.4, -0.2) is 20.2 Å². The first-order valence-corrected chi connectivity index (χ1v) is 8.33. The minimum atomic E-state index is -4.57. The van der Waals surface area contributed by atoms with Crippen molar-refractivity contribution in [2.75, 3.05) is 5.32 Å². The summed E-state index contributed by atoms with van der Waals surface area (Å²) in [6, 6.07) is 6.04. The average Bonchev–Trinajstić information content (AvgIpc) is 2.39. The van der Waals surface area contributed by atoms with E-state index < -0.39 is 15.6 Å². The molecule has 1 aliphatic rings. The molecule has 0 saturated heterocycles. The minimum Gasteiger partial charge on any atom is -0.381 e. The molecule has 0 bridgehead atoms. The highest BCUT2D eigenvalue weighted by Crippen LogP contribution is 2.30. The standard InChI is InChI=1S/C14H19F2NO2S/c1-10-5-4-6-11(9-10)17-12-7-2-3-8-13(12)20(18,19)14(15)16/h2-3,7-8,10-11,14,17H,4-6,9H2,1H3. The molecule has 1 fully saturated rings. The van der Waals surface area contributed by atoms with Gasteiger partial charge in [-0.2, -0.15) is 8.78 Å². The highest BCUT2D eigenvalue weighted by atomic mass is 32.2. The van der Waals surface area contributed by atoms with Gasteiger partial charge in [-0.15, -0.1) is 0 Å². The number of hydrogen-bond acceptors (Lipinski definition) is 3. The zero-order chi connectivity index (χ0) is 14.8. The van der Waals surface area contributed by atoms with Crippen LogP contribution in [0.4, 0.5) is 14.5 Å². The van der Waals surface area contributed by atoms with E-state index in [1.54, 1.807) is 12.1 Å². The highest BCUT2D eigenvalue weighted by Gasteiger charge is 2.30. The molecule has 6 heteroatoms. The molecular weight excluding hydrogens is 284 g/mol. The molecule has 0 radical (unpaired) electrons. The molecule has 0 spiro atoms. The number of halogens is 2. The van der Waals surface area contributed by atoms with E-state index in [1.165, 1.54) is 12.1 Å². The quantitative estimate of drug-likeness (QED) is 0.923. The molecule has 1 N–H and O–H groups in total. The normalized spacial score (nSPS) is 23.8. The van der Waals surface area contributed by atoms with Crippen molar-refractivity contribution in [1.29, 1.82) is 0 Å². The van der Waals surface area contributed by atoms with Gasteiger partial charge in [0, 0.05) is 6.04 Å². The third-order valence-corrected chi connectivity index (χ3v) is 5.16. The highest BCUT2D eigenvalue weighted by molar-refractivity contribution is 7.91. The summed E-state index contributed by atoms with van der Waals surface area (Å²) in [6.07, 6.45) is 4.11. The summed E-state index contributed by atoms with van der Waals surface area (Å²) in [5.41, 5.74) is 0.284. The van der Waals surface area contributed by atoms with Crippen molar-refractivity contribution < 1.29 is 17.2 Å². The van der Waals surface area contributed by atoms with Crippen LogP contribution >= 0.6 is 0 Å². The van der Waals surface area contributed by atoms with E-state index in [1.807, 2.05) is 0 Å². The summed E-state index contributed by atoms with van der Waals surface area (Å²) in [7, 11) is -4.57. The van der Waals surface area contributed by atoms with Crippen molar-refractivity contribution in [2.45, 2.75) is 49.3 Å². The molecular formula is C14H19F2NO2S. The summed E-state index contributed by atoms with van der Waals surface area (Å²) in [6.45, 7) is 2.15. The first-order chi connectivity index (χ1) is 9.41. The summed E-state index contributed by atoms with van der Waals surface area (Å²) >= 11 is 0. The van der Waals surface area contributed by atoms with Crippen LogP contribution in [0.1, 0.15) is 32.6 Å². The maximum absolute atomic E-state index is 12.7. The minimum absolute atomic E-state index is 0.146. The van der Waals surface area contributed by atoms with E-state index in [2.05, 4.69) is 12.2 Å². The number of hydrogen-bond donors (Lipinski definition) is 1. The Bertz CT molecular complexity index is 560. The number of anilines is 1. The van der Waals surface area contributed by atoms with Crippen LogP contribution in [0.15, 0.2) is 29.2 Å². The Kier molecular flexibility index (Phi) is 4.62. The van der Waals surface area contributed by atoms with Crippen molar-refractivity contribution in [3.8, 4) is 0 Å². The second-order valence-electron chi connectivity index (χ2n) is 5.41. The molecule has 3 nitrogen and oxygen atoms in total. The van der Waals surface area contributed by atoms with E-state index in [0.717, 1.165) is 25.7 Å². The van der Waals surface area contributed by atoms with Crippen LogP contribution in [0.2, 0.25) is 0 Å². The molecule has 0 aliphatic heterocycles. The maximum Gasteiger partial charge on any atom is 0.341 e. The van der Waals surface area contributed by atoms with E-state index in [9.17, 15) is 17.2 Å². The second-order valence-corrected chi connectivity index (χ2v) is 7.30. The predicted molar refractivity (Wildman–Crippen MR) is 74.7 cm³/mol. The van der Waals surface area contributed by atoms with Gasteiger partial charge in [0.25, 0.3) is 0 Å². The maximum atomic E-state index is 12.7. The molecule has 112 valence electrons.